The molecule has 5 nitrogen and oxygen atoms in total. The summed E-state index contributed by atoms with van der Waals surface area (Å²) in [6.45, 7) is 1.90. The van der Waals surface area contributed by atoms with E-state index in [4.69, 9.17) is 12.2 Å². The number of aromatic hydroxyl groups is 1. The van der Waals surface area contributed by atoms with Crippen molar-refractivity contribution in [3.8, 4) is 5.88 Å². The fourth-order valence-corrected chi connectivity index (χ4v) is 2.17. The molecule has 0 fully saturated rings. The molecule has 7 heteroatoms. The van der Waals surface area contributed by atoms with Crippen LogP contribution in [0.25, 0.3) is 0 Å². The van der Waals surface area contributed by atoms with Crippen molar-refractivity contribution in [2.45, 2.75) is 6.92 Å². The van der Waals surface area contributed by atoms with E-state index in [1.807, 2.05) is 25.1 Å². The molecule has 0 saturated heterocycles. The van der Waals surface area contributed by atoms with Crippen LogP contribution in [-0.4, -0.2) is 21.3 Å². The Kier molecular flexibility index (Phi) is 3.96. The summed E-state index contributed by atoms with van der Waals surface area (Å²) in [6.07, 6.45) is 1.30. The van der Waals surface area contributed by atoms with Crippen molar-refractivity contribution in [3.63, 3.8) is 0 Å². The average Bonchev–Trinajstić information content (AvgIpc) is 2.30. The molecule has 3 N–H and O–H groups in total. The van der Waals surface area contributed by atoms with Crippen molar-refractivity contribution in [1.29, 1.82) is 0 Å². The molecule has 0 aliphatic rings. The number of nitrogens with one attached hydrogen (secondary N) is 2. The smallest absolute Gasteiger partial charge is 0.264 e. The van der Waals surface area contributed by atoms with Gasteiger partial charge < -0.3 is 10.1 Å². The number of rotatable bonds is 2. The van der Waals surface area contributed by atoms with Gasteiger partial charge in [0.2, 0.25) is 5.88 Å². The summed E-state index contributed by atoms with van der Waals surface area (Å²) < 4.78 is 1.02. The third-order valence-corrected chi connectivity index (χ3v) is 3.15. The minimum absolute atomic E-state index is 0.0379. The number of hydrogen-bond acceptors (Lipinski definition) is 4. The molecule has 0 aliphatic carbocycles. The lowest BCUT2D eigenvalue weighted by molar-refractivity contribution is 0.449. The lowest BCUT2D eigenvalue weighted by Crippen LogP contribution is -2.13. The quantitative estimate of drug-likeness (QED) is 0.581. The summed E-state index contributed by atoms with van der Waals surface area (Å²) >= 11 is 8.10. The first-order valence-corrected chi connectivity index (χ1v) is 6.53. The first-order chi connectivity index (χ1) is 8.97. The summed E-state index contributed by atoms with van der Waals surface area (Å²) in [5.74, 6) is -0.299. The minimum atomic E-state index is -0.486. The van der Waals surface area contributed by atoms with E-state index in [9.17, 15) is 9.90 Å². The Hall–Kier alpha value is -1.73. The van der Waals surface area contributed by atoms with Gasteiger partial charge in [0, 0.05) is 10.7 Å². The summed E-state index contributed by atoms with van der Waals surface area (Å²) in [4.78, 5) is 20.6. The lowest BCUT2D eigenvalue weighted by Gasteiger charge is -2.01. The van der Waals surface area contributed by atoms with Crippen LogP contribution in [0.1, 0.15) is 11.1 Å². The van der Waals surface area contributed by atoms with Gasteiger partial charge in [-0.05, 0) is 42.9 Å². The fourth-order valence-electron chi connectivity index (χ4n) is 1.50. The molecule has 1 aromatic carbocycles. The van der Waals surface area contributed by atoms with Gasteiger partial charge in [-0.15, -0.1) is 0 Å². The Labute approximate surface area is 122 Å². The number of benzene rings is 1. The van der Waals surface area contributed by atoms with E-state index in [0.29, 0.717) is 5.69 Å². The van der Waals surface area contributed by atoms with Gasteiger partial charge in [0.15, 0.2) is 4.77 Å². The van der Waals surface area contributed by atoms with Crippen LogP contribution in [0.5, 0.6) is 5.88 Å². The molecule has 19 heavy (non-hydrogen) atoms. The molecule has 0 unspecified atom stereocenters. The largest absolute Gasteiger partial charge is 0.494 e. The van der Waals surface area contributed by atoms with Gasteiger partial charge in [-0.1, -0.05) is 15.9 Å². The van der Waals surface area contributed by atoms with E-state index in [1.54, 1.807) is 0 Å². The number of H-pyrrole nitrogens is 2. The fraction of sp³-hybridized carbons (Fsp3) is 0.0833. The molecule has 1 aromatic heterocycles. The summed E-state index contributed by atoms with van der Waals surface area (Å²) in [6, 6.07) is 5.57. The van der Waals surface area contributed by atoms with Gasteiger partial charge in [0.05, 0.1) is 5.69 Å². The minimum Gasteiger partial charge on any atom is -0.494 e. The number of aromatic amines is 2. The summed E-state index contributed by atoms with van der Waals surface area (Å²) in [5.41, 5.74) is 1.21. The van der Waals surface area contributed by atoms with Crippen molar-refractivity contribution >= 4 is 40.0 Å². The first-order valence-electron chi connectivity index (χ1n) is 5.33. The Morgan fingerprint density at radius 1 is 1.42 bits per heavy atom. The lowest BCUT2D eigenvalue weighted by atomic mass is 10.2. The van der Waals surface area contributed by atoms with Gasteiger partial charge in [0.1, 0.15) is 5.56 Å². The van der Waals surface area contributed by atoms with Crippen LogP contribution in [0.4, 0.5) is 5.69 Å². The number of nitrogens with zero attached hydrogens (tertiary/aromatic N) is 1. The molecule has 0 atom stereocenters. The maximum Gasteiger partial charge on any atom is 0.264 e. The van der Waals surface area contributed by atoms with Crippen LogP contribution in [0.2, 0.25) is 0 Å². The highest BCUT2D eigenvalue weighted by molar-refractivity contribution is 9.10. The zero-order valence-corrected chi connectivity index (χ0v) is 12.3. The molecule has 0 saturated carbocycles. The molecule has 1 heterocycles. The second-order valence-electron chi connectivity index (χ2n) is 3.86. The maximum atomic E-state index is 11.6. The molecule has 2 rings (SSSR count). The van der Waals surface area contributed by atoms with E-state index in [-0.39, 0.29) is 16.2 Å². The molecular formula is C12H10BrN3O2S. The monoisotopic (exact) mass is 339 g/mol. The van der Waals surface area contributed by atoms with E-state index in [0.717, 1.165) is 10.0 Å². The summed E-state index contributed by atoms with van der Waals surface area (Å²) in [5, 5.41) is 9.62. The highest BCUT2D eigenvalue weighted by Crippen LogP contribution is 2.22. The van der Waals surface area contributed by atoms with Crippen molar-refractivity contribution in [3.05, 3.63) is 48.9 Å². The van der Waals surface area contributed by atoms with Gasteiger partial charge >= 0.3 is 0 Å². The van der Waals surface area contributed by atoms with Crippen LogP contribution >= 0.6 is 28.1 Å². The van der Waals surface area contributed by atoms with Crippen molar-refractivity contribution in [2.24, 2.45) is 4.99 Å². The zero-order chi connectivity index (χ0) is 14.0. The highest BCUT2D eigenvalue weighted by Gasteiger charge is 2.04. The Balaban J connectivity index is 2.44. The van der Waals surface area contributed by atoms with E-state index in [2.05, 4.69) is 30.9 Å². The molecule has 2 aromatic rings. The second kappa shape index (κ2) is 5.50. The highest BCUT2D eigenvalue weighted by atomic mass is 79.9. The van der Waals surface area contributed by atoms with Gasteiger partial charge in [-0.3, -0.25) is 14.8 Å². The predicted octanol–water partition coefficient (Wildman–Crippen LogP) is 2.96. The number of aromatic nitrogens is 2. The maximum absolute atomic E-state index is 11.6. The van der Waals surface area contributed by atoms with Crippen LogP contribution in [-0.2, 0) is 0 Å². The van der Waals surface area contributed by atoms with Gasteiger partial charge in [0.25, 0.3) is 5.56 Å². The van der Waals surface area contributed by atoms with E-state index < -0.39 is 5.56 Å². The Morgan fingerprint density at radius 3 is 2.79 bits per heavy atom. The predicted molar refractivity (Wildman–Crippen MR) is 80.0 cm³/mol. The first kappa shape index (κ1) is 13.7. The van der Waals surface area contributed by atoms with Crippen LogP contribution in [0.3, 0.4) is 0 Å². The molecular weight excluding hydrogens is 330 g/mol. The molecule has 0 radical (unpaired) electrons. The van der Waals surface area contributed by atoms with E-state index >= 15 is 0 Å². The Morgan fingerprint density at radius 2 is 2.16 bits per heavy atom. The normalized spacial score (nSPS) is 11.1. The number of halogens is 1. The third-order valence-electron chi connectivity index (χ3n) is 2.45. The SMILES string of the molecule is Cc1cc(Br)ccc1N=Cc1c(O)[nH]c(=S)[nH]c1=O. The molecule has 0 bridgehead atoms. The third kappa shape index (κ3) is 3.18. The second-order valence-corrected chi connectivity index (χ2v) is 5.18. The van der Waals surface area contributed by atoms with Crippen LogP contribution < -0.4 is 5.56 Å². The molecule has 0 amide bonds. The number of aryl methyl sites for hydroxylation is 1. The van der Waals surface area contributed by atoms with Crippen molar-refractivity contribution in [1.82, 2.24) is 9.97 Å². The van der Waals surface area contributed by atoms with Gasteiger partial charge in [-0.25, -0.2) is 0 Å². The molecule has 0 spiro atoms. The van der Waals surface area contributed by atoms with Crippen LogP contribution in [0.15, 0.2) is 32.5 Å². The van der Waals surface area contributed by atoms with E-state index in [1.165, 1.54) is 6.21 Å². The van der Waals surface area contributed by atoms with Crippen LogP contribution in [0, 0.1) is 11.7 Å². The average molecular weight is 340 g/mol. The molecule has 0 aliphatic heterocycles. The topological polar surface area (TPSA) is 81.2 Å². The number of hydrogen-bond donors (Lipinski definition) is 3. The zero-order valence-electron chi connectivity index (χ0n) is 9.90. The summed E-state index contributed by atoms with van der Waals surface area (Å²) in [7, 11) is 0. The van der Waals surface area contributed by atoms with Crippen molar-refractivity contribution in [2.75, 3.05) is 0 Å². The van der Waals surface area contributed by atoms with Crippen molar-refractivity contribution < 1.29 is 5.11 Å². The number of aliphatic imine (C=N–C) groups is 1. The molecule has 98 valence electrons. The standard InChI is InChI=1S/C12H10BrN3O2S/c1-6-4-7(13)2-3-9(6)14-5-8-10(17)15-12(19)16-11(8)18/h2-5H,1H3,(H3,15,16,17,18,19). The van der Waals surface area contributed by atoms with Gasteiger partial charge in [-0.2, -0.15) is 0 Å². The Bertz CT molecular complexity index is 764.